The highest BCUT2D eigenvalue weighted by molar-refractivity contribution is 6.02. The number of fused-ring (bicyclic) bond motifs is 1. The average Bonchev–Trinajstić information content (AvgIpc) is 2.62. The van der Waals surface area contributed by atoms with Gasteiger partial charge in [0, 0.05) is 19.5 Å². The fourth-order valence-electron chi connectivity index (χ4n) is 3.91. The molecule has 0 bridgehead atoms. The van der Waals surface area contributed by atoms with Gasteiger partial charge in [0.05, 0.1) is 11.3 Å². The van der Waals surface area contributed by atoms with Crippen LogP contribution in [0.2, 0.25) is 0 Å². The molecule has 5 nitrogen and oxygen atoms in total. The number of nitrogens with two attached hydrogens (primary N) is 1. The van der Waals surface area contributed by atoms with Crippen LogP contribution in [-0.4, -0.2) is 28.8 Å². The molecule has 1 atom stereocenters. The molecule has 4 rings (SSSR count). The Kier molecular flexibility index (Phi) is 4.15. The van der Waals surface area contributed by atoms with E-state index in [0.717, 1.165) is 44.0 Å². The Labute approximate surface area is 148 Å². The lowest BCUT2D eigenvalue weighted by molar-refractivity contribution is 0.0964. The second-order valence-electron chi connectivity index (χ2n) is 7.34. The third kappa shape index (κ3) is 3.11. The fourth-order valence-corrected chi connectivity index (χ4v) is 3.91. The highest BCUT2D eigenvalue weighted by Crippen LogP contribution is 2.35. The SMILES string of the molecule is CC1CCN(c2nc(N)c3c(n2)CC(c2ccccc2)CC3=O)CC1. The molecule has 2 aromatic rings. The second-order valence-corrected chi connectivity index (χ2v) is 7.34. The zero-order valence-corrected chi connectivity index (χ0v) is 14.6. The van der Waals surface area contributed by atoms with Crippen LogP contribution in [0.5, 0.6) is 0 Å². The van der Waals surface area contributed by atoms with Crippen LogP contribution in [0.15, 0.2) is 30.3 Å². The number of ketones is 1. The fraction of sp³-hybridized carbons (Fsp3) is 0.450. The number of carbonyl (C=O) groups is 1. The molecule has 1 fully saturated rings. The molecule has 0 saturated carbocycles. The Bertz CT molecular complexity index is 782. The van der Waals surface area contributed by atoms with Gasteiger partial charge in [-0.1, -0.05) is 37.3 Å². The number of rotatable bonds is 2. The molecular formula is C20H24N4O. The Morgan fingerprint density at radius 1 is 1.08 bits per heavy atom. The summed E-state index contributed by atoms with van der Waals surface area (Å²) in [5.41, 5.74) is 8.69. The van der Waals surface area contributed by atoms with Crippen LogP contribution in [-0.2, 0) is 6.42 Å². The van der Waals surface area contributed by atoms with E-state index in [0.29, 0.717) is 23.8 Å². The minimum Gasteiger partial charge on any atom is -0.383 e. The normalized spacial score (nSPS) is 21.2. The Balaban J connectivity index is 1.66. The standard InChI is InChI=1S/C20H24N4O/c1-13-7-9-24(10-8-13)20-22-16-11-15(14-5-3-2-4-6-14)12-17(25)18(16)19(21)23-20/h2-6,13,15H,7-12H2,1H3,(H2,21,22,23). The molecule has 5 heteroatoms. The first-order valence-electron chi connectivity index (χ1n) is 9.11. The first-order chi connectivity index (χ1) is 12.1. The largest absolute Gasteiger partial charge is 0.383 e. The van der Waals surface area contributed by atoms with Crippen LogP contribution >= 0.6 is 0 Å². The molecule has 1 aromatic heterocycles. The quantitative estimate of drug-likeness (QED) is 0.912. The van der Waals surface area contributed by atoms with Gasteiger partial charge in [-0.25, -0.2) is 4.98 Å². The summed E-state index contributed by atoms with van der Waals surface area (Å²) in [6.07, 6.45) is 3.51. The maximum Gasteiger partial charge on any atom is 0.227 e. The summed E-state index contributed by atoms with van der Waals surface area (Å²) < 4.78 is 0. The van der Waals surface area contributed by atoms with Gasteiger partial charge < -0.3 is 10.6 Å². The number of carbonyl (C=O) groups excluding carboxylic acids is 1. The van der Waals surface area contributed by atoms with Gasteiger partial charge in [-0.2, -0.15) is 4.98 Å². The predicted molar refractivity (Wildman–Crippen MR) is 98.9 cm³/mol. The molecule has 25 heavy (non-hydrogen) atoms. The monoisotopic (exact) mass is 336 g/mol. The van der Waals surface area contributed by atoms with Gasteiger partial charge in [0.15, 0.2) is 5.78 Å². The smallest absolute Gasteiger partial charge is 0.227 e. The van der Waals surface area contributed by atoms with Crippen molar-refractivity contribution in [2.75, 3.05) is 23.7 Å². The van der Waals surface area contributed by atoms with E-state index in [-0.39, 0.29) is 11.7 Å². The molecule has 2 aliphatic rings. The minimum absolute atomic E-state index is 0.0615. The lowest BCUT2D eigenvalue weighted by atomic mass is 9.82. The molecule has 1 saturated heterocycles. The van der Waals surface area contributed by atoms with E-state index in [1.807, 2.05) is 18.2 Å². The molecule has 1 unspecified atom stereocenters. The summed E-state index contributed by atoms with van der Waals surface area (Å²) in [4.78, 5) is 24.1. The van der Waals surface area contributed by atoms with Crippen molar-refractivity contribution in [3.8, 4) is 0 Å². The molecule has 1 aliphatic carbocycles. The summed E-state index contributed by atoms with van der Waals surface area (Å²) >= 11 is 0. The van der Waals surface area contributed by atoms with Gasteiger partial charge in [-0.05, 0) is 36.7 Å². The van der Waals surface area contributed by atoms with Crippen molar-refractivity contribution in [3.05, 3.63) is 47.2 Å². The molecule has 2 heterocycles. The van der Waals surface area contributed by atoms with Crippen LogP contribution in [0, 0.1) is 5.92 Å². The number of hydrogen-bond acceptors (Lipinski definition) is 5. The van der Waals surface area contributed by atoms with E-state index < -0.39 is 0 Å². The van der Waals surface area contributed by atoms with E-state index in [2.05, 4.69) is 28.9 Å². The second kappa shape index (κ2) is 6.47. The molecule has 130 valence electrons. The Morgan fingerprint density at radius 2 is 1.80 bits per heavy atom. The molecular weight excluding hydrogens is 312 g/mol. The molecule has 2 N–H and O–H groups in total. The lowest BCUT2D eigenvalue weighted by Gasteiger charge is -2.31. The minimum atomic E-state index is 0.0615. The van der Waals surface area contributed by atoms with Crippen LogP contribution in [0.1, 0.15) is 53.7 Å². The highest BCUT2D eigenvalue weighted by Gasteiger charge is 2.31. The first kappa shape index (κ1) is 16.1. The molecule has 0 radical (unpaired) electrons. The number of nitrogen functional groups attached to an aromatic ring is 1. The number of anilines is 2. The highest BCUT2D eigenvalue weighted by atomic mass is 16.1. The van der Waals surface area contributed by atoms with E-state index >= 15 is 0 Å². The van der Waals surface area contributed by atoms with E-state index in [1.165, 1.54) is 5.56 Å². The summed E-state index contributed by atoms with van der Waals surface area (Å²) in [6, 6.07) is 10.2. The first-order valence-corrected chi connectivity index (χ1v) is 9.11. The van der Waals surface area contributed by atoms with Crippen molar-refractivity contribution in [1.82, 2.24) is 9.97 Å². The average molecular weight is 336 g/mol. The lowest BCUT2D eigenvalue weighted by Crippen LogP contribution is -2.35. The number of hydrogen-bond donors (Lipinski definition) is 1. The Hall–Kier alpha value is -2.43. The van der Waals surface area contributed by atoms with Crippen molar-refractivity contribution in [1.29, 1.82) is 0 Å². The molecule has 0 spiro atoms. The van der Waals surface area contributed by atoms with Gasteiger partial charge in [0.2, 0.25) is 5.95 Å². The zero-order valence-electron chi connectivity index (χ0n) is 14.6. The van der Waals surface area contributed by atoms with Gasteiger partial charge in [0.25, 0.3) is 0 Å². The van der Waals surface area contributed by atoms with Gasteiger partial charge in [0.1, 0.15) is 5.82 Å². The number of benzene rings is 1. The third-order valence-corrected chi connectivity index (χ3v) is 5.49. The Morgan fingerprint density at radius 3 is 2.52 bits per heavy atom. The number of aromatic nitrogens is 2. The molecule has 1 aliphatic heterocycles. The molecule has 1 aromatic carbocycles. The topological polar surface area (TPSA) is 72.1 Å². The van der Waals surface area contributed by atoms with Crippen LogP contribution < -0.4 is 10.6 Å². The van der Waals surface area contributed by atoms with Crippen LogP contribution in [0.25, 0.3) is 0 Å². The van der Waals surface area contributed by atoms with E-state index in [4.69, 9.17) is 10.7 Å². The van der Waals surface area contributed by atoms with Crippen LogP contribution in [0.3, 0.4) is 0 Å². The van der Waals surface area contributed by atoms with Crippen molar-refractivity contribution in [3.63, 3.8) is 0 Å². The van der Waals surface area contributed by atoms with E-state index in [9.17, 15) is 4.79 Å². The van der Waals surface area contributed by atoms with Crippen molar-refractivity contribution in [2.45, 2.75) is 38.5 Å². The van der Waals surface area contributed by atoms with Gasteiger partial charge in [-0.15, -0.1) is 0 Å². The summed E-state index contributed by atoms with van der Waals surface area (Å²) in [6.45, 7) is 4.19. The van der Waals surface area contributed by atoms with E-state index in [1.54, 1.807) is 0 Å². The molecule has 0 amide bonds. The van der Waals surface area contributed by atoms with Crippen molar-refractivity contribution < 1.29 is 4.79 Å². The van der Waals surface area contributed by atoms with Crippen molar-refractivity contribution in [2.24, 2.45) is 5.92 Å². The summed E-state index contributed by atoms with van der Waals surface area (Å²) in [5, 5.41) is 0. The summed E-state index contributed by atoms with van der Waals surface area (Å²) in [7, 11) is 0. The predicted octanol–water partition coefficient (Wildman–Crippen LogP) is 3.21. The number of Topliss-reactive ketones (excluding diaryl/α,β-unsaturated/α-hetero) is 1. The number of piperidine rings is 1. The maximum atomic E-state index is 12.6. The van der Waals surface area contributed by atoms with Gasteiger partial charge >= 0.3 is 0 Å². The zero-order chi connectivity index (χ0) is 17.4. The van der Waals surface area contributed by atoms with Gasteiger partial charge in [-0.3, -0.25) is 4.79 Å². The summed E-state index contributed by atoms with van der Waals surface area (Å²) in [5.74, 6) is 2.01. The third-order valence-electron chi connectivity index (χ3n) is 5.49. The number of nitrogens with zero attached hydrogens (tertiary/aromatic N) is 3. The van der Waals surface area contributed by atoms with Crippen molar-refractivity contribution >= 4 is 17.5 Å². The maximum absolute atomic E-state index is 12.6. The van der Waals surface area contributed by atoms with Crippen LogP contribution in [0.4, 0.5) is 11.8 Å².